The fourth-order valence-corrected chi connectivity index (χ4v) is 2.50. The van der Waals surface area contributed by atoms with Crippen LogP contribution in [0.1, 0.15) is 18.7 Å². The number of piperidine rings is 1. The molecule has 1 aliphatic rings. The summed E-state index contributed by atoms with van der Waals surface area (Å²) >= 11 is 0. The minimum atomic E-state index is 0.696. The van der Waals surface area contributed by atoms with Crippen molar-refractivity contribution in [3.63, 3.8) is 0 Å². The second-order valence-electron chi connectivity index (χ2n) is 4.84. The zero-order chi connectivity index (χ0) is 12.4. The molecule has 0 spiro atoms. The highest BCUT2D eigenvalue weighted by Crippen LogP contribution is 2.24. The Morgan fingerprint density at radius 3 is 3.00 bits per heavy atom. The van der Waals surface area contributed by atoms with Crippen LogP contribution in [0.25, 0.3) is 11.1 Å². The van der Waals surface area contributed by atoms with E-state index in [0.29, 0.717) is 5.92 Å². The molecule has 3 rings (SSSR count). The SMILES string of the molecule is COc1ccc2nc(CC3CCNCC3)oc2c1. The van der Waals surface area contributed by atoms with Crippen LogP contribution in [0.2, 0.25) is 0 Å². The molecule has 0 radical (unpaired) electrons. The Bertz CT molecular complexity index is 530. The number of oxazole rings is 1. The molecule has 1 aliphatic heterocycles. The minimum Gasteiger partial charge on any atom is -0.497 e. The summed E-state index contributed by atoms with van der Waals surface area (Å²) in [5.41, 5.74) is 1.73. The van der Waals surface area contributed by atoms with Crippen LogP contribution < -0.4 is 10.1 Å². The molecule has 0 saturated carbocycles. The summed E-state index contributed by atoms with van der Waals surface area (Å²) in [7, 11) is 1.66. The molecule has 0 aliphatic carbocycles. The summed E-state index contributed by atoms with van der Waals surface area (Å²) in [6.45, 7) is 2.22. The van der Waals surface area contributed by atoms with Gasteiger partial charge in [0.1, 0.15) is 11.3 Å². The first-order valence-corrected chi connectivity index (χ1v) is 6.49. The van der Waals surface area contributed by atoms with E-state index in [9.17, 15) is 0 Å². The molecule has 1 fully saturated rings. The number of nitrogens with zero attached hydrogens (tertiary/aromatic N) is 1. The average molecular weight is 246 g/mol. The van der Waals surface area contributed by atoms with Gasteiger partial charge in [0.15, 0.2) is 11.5 Å². The van der Waals surface area contributed by atoms with Gasteiger partial charge in [-0.05, 0) is 44.0 Å². The van der Waals surface area contributed by atoms with Crippen molar-refractivity contribution in [2.24, 2.45) is 5.92 Å². The van der Waals surface area contributed by atoms with E-state index in [1.807, 2.05) is 18.2 Å². The number of rotatable bonds is 3. The van der Waals surface area contributed by atoms with Crippen LogP contribution >= 0.6 is 0 Å². The van der Waals surface area contributed by atoms with E-state index in [-0.39, 0.29) is 0 Å². The van der Waals surface area contributed by atoms with E-state index in [1.54, 1.807) is 7.11 Å². The highest BCUT2D eigenvalue weighted by atomic mass is 16.5. The summed E-state index contributed by atoms with van der Waals surface area (Å²) in [6.07, 6.45) is 3.36. The lowest BCUT2D eigenvalue weighted by Crippen LogP contribution is -2.28. The summed E-state index contributed by atoms with van der Waals surface area (Å²) in [6, 6.07) is 5.76. The van der Waals surface area contributed by atoms with Gasteiger partial charge < -0.3 is 14.5 Å². The van der Waals surface area contributed by atoms with E-state index in [1.165, 1.54) is 12.8 Å². The number of nitrogens with one attached hydrogen (secondary N) is 1. The van der Waals surface area contributed by atoms with Gasteiger partial charge in [-0.1, -0.05) is 0 Å². The summed E-state index contributed by atoms with van der Waals surface area (Å²) in [5.74, 6) is 2.36. The van der Waals surface area contributed by atoms with Crippen LogP contribution in [0.4, 0.5) is 0 Å². The highest BCUT2D eigenvalue weighted by molar-refractivity contribution is 5.74. The largest absolute Gasteiger partial charge is 0.497 e. The number of ether oxygens (including phenoxy) is 1. The summed E-state index contributed by atoms with van der Waals surface area (Å²) in [4.78, 5) is 4.54. The summed E-state index contributed by atoms with van der Waals surface area (Å²) in [5, 5.41) is 3.37. The molecular weight excluding hydrogens is 228 g/mol. The molecule has 96 valence electrons. The zero-order valence-corrected chi connectivity index (χ0v) is 10.6. The Morgan fingerprint density at radius 1 is 1.39 bits per heavy atom. The third kappa shape index (κ3) is 2.34. The lowest BCUT2D eigenvalue weighted by molar-refractivity contribution is 0.346. The van der Waals surface area contributed by atoms with Gasteiger partial charge in [0.25, 0.3) is 0 Å². The van der Waals surface area contributed by atoms with Gasteiger partial charge in [0.05, 0.1) is 7.11 Å². The van der Waals surface area contributed by atoms with Gasteiger partial charge in [0.2, 0.25) is 0 Å². The van der Waals surface area contributed by atoms with Gasteiger partial charge in [0, 0.05) is 12.5 Å². The molecule has 2 aromatic rings. The number of methoxy groups -OCH3 is 1. The molecule has 18 heavy (non-hydrogen) atoms. The van der Waals surface area contributed by atoms with Crippen LogP contribution in [-0.2, 0) is 6.42 Å². The third-order valence-corrected chi connectivity index (χ3v) is 3.56. The van der Waals surface area contributed by atoms with E-state index >= 15 is 0 Å². The van der Waals surface area contributed by atoms with E-state index in [2.05, 4.69) is 10.3 Å². The Labute approximate surface area is 106 Å². The topological polar surface area (TPSA) is 47.3 Å². The van der Waals surface area contributed by atoms with Crippen molar-refractivity contribution in [1.82, 2.24) is 10.3 Å². The van der Waals surface area contributed by atoms with E-state index in [0.717, 1.165) is 42.3 Å². The van der Waals surface area contributed by atoms with Crippen molar-refractivity contribution >= 4 is 11.1 Å². The van der Waals surface area contributed by atoms with Gasteiger partial charge >= 0.3 is 0 Å². The smallest absolute Gasteiger partial charge is 0.195 e. The highest BCUT2D eigenvalue weighted by Gasteiger charge is 2.16. The molecule has 4 nitrogen and oxygen atoms in total. The molecule has 0 bridgehead atoms. The third-order valence-electron chi connectivity index (χ3n) is 3.56. The Balaban J connectivity index is 1.79. The molecular formula is C14H18N2O2. The quantitative estimate of drug-likeness (QED) is 0.903. The number of benzene rings is 1. The first-order valence-electron chi connectivity index (χ1n) is 6.49. The van der Waals surface area contributed by atoms with Crippen molar-refractivity contribution in [2.45, 2.75) is 19.3 Å². The van der Waals surface area contributed by atoms with Crippen LogP contribution in [0, 0.1) is 5.92 Å². The molecule has 1 saturated heterocycles. The van der Waals surface area contributed by atoms with Crippen molar-refractivity contribution in [2.75, 3.05) is 20.2 Å². The maximum Gasteiger partial charge on any atom is 0.195 e. The second kappa shape index (κ2) is 4.98. The lowest BCUT2D eigenvalue weighted by Gasteiger charge is -2.20. The molecule has 1 aromatic carbocycles. The van der Waals surface area contributed by atoms with Crippen molar-refractivity contribution in [3.8, 4) is 5.75 Å². The first kappa shape index (κ1) is 11.5. The first-order chi connectivity index (χ1) is 8.85. The molecule has 2 heterocycles. The molecule has 0 unspecified atom stereocenters. The minimum absolute atomic E-state index is 0.696. The molecule has 0 atom stereocenters. The Morgan fingerprint density at radius 2 is 2.22 bits per heavy atom. The Kier molecular flexibility index (Phi) is 3.19. The number of aromatic nitrogens is 1. The van der Waals surface area contributed by atoms with E-state index in [4.69, 9.17) is 9.15 Å². The van der Waals surface area contributed by atoms with E-state index < -0.39 is 0 Å². The van der Waals surface area contributed by atoms with Gasteiger partial charge in [-0.25, -0.2) is 4.98 Å². The number of hydrogen-bond donors (Lipinski definition) is 1. The lowest BCUT2D eigenvalue weighted by atomic mass is 9.95. The maximum absolute atomic E-state index is 5.80. The van der Waals surface area contributed by atoms with Crippen LogP contribution in [-0.4, -0.2) is 25.2 Å². The number of hydrogen-bond acceptors (Lipinski definition) is 4. The van der Waals surface area contributed by atoms with Crippen LogP contribution in [0.15, 0.2) is 22.6 Å². The zero-order valence-electron chi connectivity index (χ0n) is 10.6. The predicted molar refractivity (Wildman–Crippen MR) is 69.9 cm³/mol. The molecule has 1 aromatic heterocycles. The maximum atomic E-state index is 5.80. The predicted octanol–water partition coefficient (Wildman–Crippen LogP) is 2.38. The second-order valence-corrected chi connectivity index (χ2v) is 4.84. The Hall–Kier alpha value is -1.55. The van der Waals surface area contributed by atoms with Gasteiger partial charge in [-0.15, -0.1) is 0 Å². The fourth-order valence-electron chi connectivity index (χ4n) is 2.50. The van der Waals surface area contributed by atoms with Gasteiger partial charge in [-0.2, -0.15) is 0 Å². The molecule has 4 heteroatoms. The van der Waals surface area contributed by atoms with Crippen LogP contribution in [0.5, 0.6) is 5.75 Å². The summed E-state index contributed by atoms with van der Waals surface area (Å²) < 4.78 is 11.0. The van der Waals surface area contributed by atoms with Crippen molar-refractivity contribution < 1.29 is 9.15 Å². The van der Waals surface area contributed by atoms with Gasteiger partial charge in [-0.3, -0.25) is 0 Å². The fraction of sp³-hybridized carbons (Fsp3) is 0.500. The standard InChI is InChI=1S/C14H18N2O2/c1-17-11-2-3-12-13(9-11)18-14(16-12)8-10-4-6-15-7-5-10/h2-3,9-10,15H,4-8H2,1H3. The molecule has 1 N–H and O–H groups in total. The monoisotopic (exact) mass is 246 g/mol. The van der Waals surface area contributed by atoms with Crippen molar-refractivity contribution in [1.29, 1.82) is 0 Å². The number of fused-ring (bicyclic) bond motifs is 1. The van der Waals surface area contributed by atoms with Crippen LogP contribution in [0.3, 0.4) is 0 Å². The molecule has 0 amide bonds. The normalized spacial score (nSPS) is 17.2. The average Bonchev–Trinajstić information content (AvgIpc) is 2.80. The van der Waals surface area contributed by atoms with Crippen molar-refractivity contribution in [3.05, 3.63) is 24.1 Å².